The Kier molecular flexibility index (Phi) is 10.4. The highest BCUT2D eigenvalue weighted by Crippen LogP contribution is 2.50. The van der Waals surface area contributed by atoms with Crippen molar-refractivity contribution in [2.45, 2.75) is 54.4 Å². The molecule has 1 unspecified atom stereocenters. The summed E-state index contributed by atoms with van der Waals surface area (Å²) in [5.41, 5.74) is 4.01. The van der Waals surface area contributed by atoms with E-state index in [0.29, 0.717) is 30.0 Å². The van der Waals surface area contributed by atoms with Gasteiger partial charge in [0.15, 0.2) is 0 Å². The summed E-state index contributed by atoms with van der Waals surface area (Å²) in [5, 5.41) is 0. The molecular formula is C31H39FN4O. The third-order valence-corrected chi connectivity index (χ3v) is 7.33. The predicted octanol–water partition coefficient (Wildman–Crippen LogP) is 7.50. The van der Waals surface area contributed by atoms with Crippen molar-refractivity contribution >= 4 is 5.91 Å². The van der Waals surface area contributed by atoms with Crippen LogP contribution in [0, 0.1) is 11.2 Å². The average molecular weight is 503 g/mol. The van der Waals surface area contributed by atoms with Crippen LogP contribution >= 0.6 is 0 Å². The highest BCUT2D eigenvalue weighted by molar-refractivity contribution is 5.99. The van der Waals surface area contributed by atoms with Gasteiger partial charge >= 0.3 is 0 Å². The summed E-state index contributed by atoms with van der Waals surface area (Å²) in [6.07, 6.45) is 12.7. The molecule has 4 rings (SSSR count). The zero-order valence-electron chi connectivity index (χ0n) is 20.5. The monoisotopic (exact) mass is 502 g/mol. The topological polar surface area (TPSA) is 59.0 Å². The lowest BCUT2D eigenvalue weighted by Crippen LogP contribution is -2.46. The van der Waals surface area contributed by atoms with Gasteiger partial charge in [0.25, 0.3) is 5.91 Å². The van der Waals surface area contributed by atoms with Crippen molar-refractivity contribution in [1.29, 1.82) is 0 Å². The molecule has 1 amide bonds. The van der Waals surface area contributed by atoms with Gasteiger partial charge in [-0.3, -0.25) is 9.78 Å². The molecular weight excluding hydrogens is 463 g/mol. The second-order valence-corrected chi connectivity index (χ2v) is 9.09. The molecule has 37 heavy (non-hydrogen) atoms. The van der Waals surface area contributed by atoms with Crippen LogP contribution in [0.2, 0.25) is 0 Å². The first-order valence-electron chi connectivity index (χ1n) is 12.0. The van der Waals surface area contributed by atoms with Crippen LogP contribution in [-0.2, 0) is 0 Å². The highest BCUT2D eigenvalue weighted by atomic mass is 19.1. The molecule has 1 aliphatic rings. The molecule has 0 spiro atoms. The standard InChI is InChI=1S/C29H31FN4O.2CH4/c1-4-5-7-21(2)29(22(3)23-9-11-24(30)12-10-23)14-18-34(19-15-29)28(35)25-8-6-16-32-27(25)26-13-17-31-20-33-26;;/h4-13,16-17,20,22H,14-15,18-19H2,1-3H3;2*1H4/b5-4-,21-7?;;. The van der Waals surface area contributed by atoms with E-state index in [1.807, 2.05) is 36.1 Å². The summed E-state index contributed by atoms with van der Waals surface area (Å²) >= 11 is 0. The van der Waals surface area contributed by atoms with Gasteiger partial charge in [-0.15, -0.1) is 0 Å². The zero-order chi connectivity index (χ0) is 24.8. The van der Waals surface area contributed by atoms with E-state index in [4.69, 9.17) is 0 Å². The predicted molar refractivity (Wildman–Crippen MR) is 150 cm³/mol. The SMILES string of the molecule is C.C.C/C=C\C=C(C)C1(C(C)c2ccc(F)cc2)CCN(C(=O)c2cccnc2-c2ccncn2)CC1. The molecule has 0 bridgehead atoms. The minimum atomic E-state index is -0.229. The number of carbonyl (C=O) groups is 1. The van der Waals surface area contributed by atoms with Crippen molar-refractivity contribution in [3.63, 3.8) is 0 Å². The number of aromatic nitrogens is 3. The molecule has 1 aliphatic heterocycles. The van der Waals surface area contributed by atoms with Gasteiger partial charge in [0.05, 0.1) is 11.3 Å². The van der Waals surface area contributed by atoms with Crippen LogP contribution in [0.1, 0.15) is 70.3 Å². The average Bonchev–Trinajstić information content (AvgIpc) is 2.92. The van der Waals surface area contributed by atoms with E-state index >= 15 is 0 Å². The smallest absolute Gasteiger partial charge is 0.256 e. The molecule has 3 heterocycles. The van der Waals surface area contributed by atoms with Crippen molar-refractivity contribution in [2.75, 3.05) is 13.1 Å². The number of hydrogen-bond donors (Lipinski definition) is 0. The molecule has 1 aromatic carbocycles. The molecule has 3 aromatic rings. The number of allylic oxidation sites excluding steroid dienone is 4. The zero-order valence-corrected chi connectivity index (χ0v) is 20.5. The van der Waals surface area contributed by atoms with E-state index < -0.39 is 0 Å². The van der Waals surface area contributed by atoms with Gasteiger partial charge in [-0.05, 0) is 68.5 Å². The number of carbonyl (C=O) groups excluding carboxylic acids is 1. The minimum absolute atomic E-state index is 0. The number of hydrogen-bond acceptors (Lipinski definition) is 4. The van der Waals surface area contributed by atoms with Crippen LogP contribution < -0.4 is 0 Å². The molecule has 196 valence electrons. The maximum atomic E-state index is 13.6. The van der Waals surface area contributed by atoms with Gasteiger partial charge in [0.1, 0.15) is 17.8 Å². The van der Waals surface area contributed by atoms with E-state index in [-0.39, 0.29) is 37.9 Å². The lowest BCUT2D eigenvalue weighted by Gasteiger charge is -2.47. The third-order valence-electron chi connectivity index (χ3n) is 7.33. The molecule has 1 atom stereocenters. The van der Waals surface area contributed by atoms with Crippen molar-refractivity contribution in [3.8, 4) is 11.4 Å². The number of piperidine rings is 1. The molecule has 2 aromatic heterocycles. The van der Waals surface area contributed by atoms with E-state index in [0.717, 1.165) is 18.4 Å². The van der Waals surface area contributed by atoms with Gasteiger partial charge in [0, 0.05) is 30.9 Å². The summed E-state index contributed by atoms with van der Waals surface area (Å²) in [6.45, 7) is 7.65. The molecule has 0 aliphatic carbocycles. The molecule has 6 heteroatoms. The van der Waals surface area contributed by atoms with Gasteiger partial charge < -0.3 is 4.90 Å². The summed E-state index contributed by atoms with van der Waals surface area (Å²) in [7, 11) is 0. The Labute approximate surface area is 221 Å². The molecule has 0 saturated carbocycles. The fourth-order valence-electron chi connectivity index (χ4n) is 5.14. The van der Waals surface area contributed by atoms with Crippen LogP contribution in [0.25, 0.3) is 11.4 Å². The number of likely N-dealkylation sites (tertiary alicyclic amines) is 1. The van der Waals surface area contributed by atoms with Crippen LogP contribution in [0.15, 0.2) is 85.0 Å². The van der Waals surface area contributed by atoms with Crippen LogP contribution in [0.5, 0.6) is 0 Å². The van der Waals surface area contributed by atoms with Crippen molar-refractivity contribution in [1.82, 2.24) is 19.9 Å². The summed E-state index contributed by atoms with van der Waals surface area (Å²) in [6, 6.07) is 12.2. The van der Waals surface area contributed by atoms with E-state index in [1.54, 1.807) is 24.5 Å². The molecule has 0 N–H and O–H groups in total. The first-order valence-corrected chi connectivity index (χ1v) is 12.0. The quantitative estimate of drug-likeness (QED) is 0.328. The number of pyridine rings is 1. The van der Waals surface area contributed by atoms with Crippen molar-refractivity contribution in [2.24, 2.45) is 5.41 Å². The van der Waals surface area contributed by atoms with Crippen molar-refractivity contribution < 1.29 is 9.18 Å². The number of rotatable bonds is 6. The highest BCUT2D eigenvalue weighted by Gasteiger charge is 2.42. The van der Waals surface area contributed by atoms with Gasteiger partial charge in [-0.1, -0.05) is 57.7 Å². The maximum absolute atomic E-state index is 13.6. The van der Waals surface area contributed by atoms with Gasteiger partial charge in [-0.25, -0.2) is 14.4 Å². The molecule has 1 saturated heterocycles. The van der Waals surface area contributed by atoms with Crippen LogP contribution in [-0.4, -0.2) is 38.8 Å². The van der Waals surface area contributed by atoms with E-state index in [9.17, 15) is 9.18 Å². The van der Waals surface area contributed by atoms with E-state index in [1.165, 1.54) is 24.0 Å². The van der Waals surface area contributed by atoms with Gasteiger partial charge in [0.2, 0.25) is 0 Å². The second-order valence-electron chi connectivity index (χ2n) is 9.09. The first kappa shape index (κ1) is 29.6. The summed E-state index contributed by atoms with van der Waals surface area (Å²) in [4.78, 5) is 28.2. The van der Waals surface area contributed by atoms with Crippen LogP contribution in [0.4, 0.5) is 4.39 Å². The maximum Gasteiger partial charge on any atom is 0.256 e. The number of halogens is 1. The summed E-state index contributed by atoms with van der Waals surface area (Å²) in [5.74, 6) is -0.0887. The van der Waals surface area contributed by atoms with Crippen molar-refractivity contribution in [3.05, 3.63) is 102 Å². The third kappa shape index (κ3) is 6.19. The Morgan fingerprint density at radius 2 is 1.76 bits per heavy atom. The largest absolute Gasteiger partial charge is 0.339 e. The Hall–Kier alpha value is -3.67. The Morgan fingerprint density at radius 3 is 2.38 bits per heavy atom. The molecule has 5 nitrogen and oxygen atoms in total. The lowest BCUT2D eigenvalue weighted by molar-refractivity contribution is 0.0596. The minimum Gasteiger partial charge on any atom is -0.339 e. The normalized spacial score (nSPS) is 16.0. The fraction of sp³-hybridized carbons (Fsp3) is 0.355. The van der Waals surface area contributed by atoms with Gasteiger partial charge in [-0.2, -0.15) is 0 Å². The number of nitrogens with zero attached hydrogens (tertiary/aromatic N) is 4. The summed E-state index contributed by atoms with van der Waals surface area (Å²) < 4.78 is 13.6. The Balaban J connectivity index is 0.00000241. The Morgan fingerprint density at radius 1 is 1.05 bits per heavy atom. The molecule has 1 fully saturated rings. The Bertz CT molecular complexity index is 1210. The lowest BCUT2D eigenvalue weighted by atomic mass is 9.63. The number of benzene rings is 1. The first-order chi connectivity index (χ1) is 17.0. The number of amides is 1. The second kappa shape index (κ2) is 13.0. The van der Waals surface area contributed by atoms with Crippen LogP contribution in [0.3, 0.4) is 0 Å². The van der Waals surface area contributed by atoms with E-state index in [2.05, 4.69) is 41.0 Å². The molecule has 0 radical (unpaired) electrons. The fourth-order valence-corrected chi connectivity index (χ4v) is 5.14.